The van der Waals surface area contributed by atoms with Crippen molar-refractivity contribution in [3.05, 3.63) is 60.2 Å². The maximum absolute atomic E-state index is 12.4. The maximum atomic E-state index is 12.4. The van der Waals surface area contributed by atoms with E-state index in [0.29, 0.717) is 11.6 Å². The predicted molar refractivity (Wildman–Crippen MR) is 96.4 cm³/mol. The van der Waals surface area contributed by atoms with Gasteiger partial charge in [-0.25, -0.2) is 9.97 Å². The highest BCUT2D eigenvalue weighted by atomic mass is 16.2. The number of carbonyl (C=O) groups excluding carboxylic acids is 1. The summed E-state index contributed by atoms with van der Waals surface area (Å²) in [5.74, 6) is 1.27. The molecule has 7 nitrogen and oxygen atoms in total. The third-order valence-corrected chi connectivity index (χ3v) is 4.66. The summed E-state index contributed by atoms with van der Waals surface area (Å²) in [7, 11) is 0. The molecule has 0 unspecified atom stereocenters. The van der Waals surface area contributed by atoms with E-state index in [1.807, 2.05) is 36.4 Å². The number of hydrogen-bond acceptors (Lipinski definition) is 5. The fourth-order valence-electron chi connectivity index (χ4n) is 3.19. The Kier molecular flexibility index (Phi) is 4.20. The molecule has 7 heteroatoms. The number of pyridine rings is 1. The second kappa shape index (κ2) is 6.67. The summed E-state index contributed by atoms with van der Waals surface area (Å²) in [6.07, 6.45) is 8.63. The Morgan fingerprint density at radius 3 is 2.65 bits per heavy atom. The van der Waals surface area contributed by atoms with Crippen LogP contribution in [0.1, 0.15) is 21.9 Å². The molecule has 4 heterocycles. The first kappa shape index (κ1) is 16.4. The van der Waals surface area contributed by atoms with Gasteiger partial charge < -0.3 is 9.47 Å². The molecule has 1 aliphatic heterocycles. The third kappa shape index (κ3) is 3.08. The zero-order valence-electron chi connectivity index (χ0n) is 14.8. The van der Waals surface area contributed by atoms with Gasteiger partial charge in [0.25, 0.3) is 5.91 Å². The van der Waals surface area contributed by atoms with Crippen molar-refractivity contribution in [2.45, 2.75) is 20.4 Å². The summed E-state index contributed by atoms with van der Waals surface area (Å²) in [5.41, 5.74) is 3.33. The molecular formula is C19H20N6O. The molecule has 4 rings (SSSR count). The smallest absolute Gasteiger partial charge is 0.274 e. The molecule has 1 saturated heterocycles. The molecule has 0 atom stereocenters. The van der Waals surface area contributed by atoms with Gasteiger partial charge in [-0.15, -0.1) is 0 Å². The van der Waals surface area contributed by atoms with Gasteiger partial charge >= 0.3 is 0 Å². The minimum atomic E-state index is -0.0522. The topological polar surface area (TPSA) is 76.8 Å². The van der Waals surface area contributed by atoms with Gasteiger partial charge in [-0.1, -0.05) is 0 Å². The molecular weight excluding hydrogens is 328 g/mol. The quantitative estimate of drug-likeness (QED) is 0.722. The van der Waals surface area contributed by atoms with Crippen LogP contribution >= 0.6 is 0 Å². The van der Waals surface area contributed by atoms with Crippen molar-refractivity contribution in [3.63, 3.8) is 0 Å². The first-order chi connectivity index (χ1) is 12.6. The lowest BCUT2D eigenvalue weighted by Gasteiger charge is -2.39. The van der Waals surface area contributed by atoms with Crippen LogP contribution in [-0.4, -0.2) is 48.4 Å². The van der Waals surface area contributed by atoms with Crippen molar-refractivity contribution in [1.82, 2.24) is 29.4 Å². The Labute approximate surface area is 151 Å². The number of nitrogens with zero attached hydrogens (tertiary/aromatic N) is 6. The molecule has 0 bridgehead atoms. The van der Waals surface area contributed by atoms with Crippen molar-refractivity contribution < 1.29 is 4.79 Å². The molecule has 1 aliphatic rings. The van der Waals surface area contributed by atoms with E-state index in [1.54, 1.807) is 18.6 Å². The Balaban J connectivity index is 1.43. The van der Waals surface area contributed by atoms with Gasteiger partial charge in [0.15, 0.2) is 0 Å². The van der Waals surface area contributed by atoms with E-state index in [-0.39, 0.29) is 5.91 Å². The van der Waals surface area contributed by atoms with Gasteiger partial charge in [0, 0.05) is 61.6 Å². The molecule has 1 amide bonds. The highest BCUT2D eigenvalue weighted by Crippen LogP contribution is 2.24. The number of carbonyl (C=O) groups is 1. The second-order valence-electron chi connectivity index (χ2n) is 6.69. The standard InChI is InChI=1S/C19H20N6O/c1-13-6-22-17(9-21-13)19(26)24-10-15(11-24)12-25-14(2)7-23-18(25)16-4-3-5-20-8-16/h3-9,15H,10-12H2,1-2H3. The van der Waals surface area contributed by atoms with Crippen molar-refractivity contribution >= 4 is 5.91 Å². The Hall–Kier alpha value is -3.09. The summed E-state index contributed by atoms with van der Waals surface area (Å²) >= 11 is 0. The van der Waals surface area contributed by atoms with Crippen LogP contribution in [0.15, 0.2) is 43.1 Å². The van der Waals surface area contributed by atoms with Gasteiger partial charge in [-0.05, 0) is 26.0 Å². The SMILES string of the molecule is Cc1cnc(C(=O)N2CC(Cn3c(C)cnc3-c3cccnc3)C2)cn1. The molecule has 0 aromatic carbocycles. The highest BCUT2D eigenvalue weighted by Gasteiger charge is 2.32. The van der Waals surface area contributed by atoms with E-state index < -0.39 is 0 Å². The fourth-order valence-corrected chi connectivity index (χ4v) is 3.19. The first-order valence-corrected chi connectivity index (χ1v) is 8.62. The Morgan fingerprint density at radius 2 is 1.96 bits per heavy atom. The number of rotatable bonds is 4. The molecule has 0 saturated carbocycles. The van der Waals surface area contributed by atoms with E-state index in [0.717, 1.165) is 42.4 Å². The summed E-state index contributed by atoms with van der Waals surface area (Å²) in [6.45, 7) is 6.18. The van der Waals surface area contributed by atoms with Crippen LogP contribution in [0.5, 0.6) is 0 Å². The van der Waals surface area contributed by atoms with Crippen LogP contribution < -0.4 is 0 Å². The van der Waals surface area contributed by atoms with Gasteiger partial charge in [0.2, 0.25) is 0 Å². The third-order valence-electron chi connectivity index (χ3n) is 4.66. The number of amides is 1. The lowest BCUT2D eigenvalue weighted by molar-refractivity contribution is 0.0462. The van der Waals surface area contributed by atoms with Gasteiger partial charge in [0.05, 0.1) is 11.9 Å². The summed E-state index contributed by atoms with van der Waals surface area (Å²) < 4.78 is 2.20. The van der Waals surface area contributed by atoms with Gasteiger partial charge in [0.1, 0.15) is 11.5 Å². The van der Waals surface area contributed by atoms with Crippen LogP contribution in [0.4, 0.5) is 0 Å². The van der Waals surface area contributed by atoms with Crippen LogP contribution in [0.3, 0.4) is 0 Å². The molecule has 132 valence electrons. The predicted octanol–water partition coefficient (Wildman–Crippen LogP) is 2.12. The molecule has 0 aliphatic carbocycles. The first-order valence-electron chi connectivity index (χ1n) is 8.62. The summed E-state index contributed by atoms with van der Waals surface area (Å²) in [6, 6.07) is 3.92. The molecule has 0 radical (unpaired) electrons. The van der Waals surface area contributed by atoms with Crippen molar-refractivity contribution in [2.24, 2.45) is 5.92 Å². The van der Waals surface area contributed by atoms with Gasteiger partial charge in [-0.3, -0.25) is 14.8 Å². The van der Waals surface area contributed by atoms with E-state index in [4.69, 9.17) is 0 Å². The van der Waals surface area contributed by atoms with Crippen LogP contribution in [-0.2, 0) is 6.54 Å². The fraction of sp³-hybridized carbons (Fsp3) is 0.316. The lowest BCUT2D eigenvalue weighted by atomic mass is 9.99. The number of aryl methyl sites for hydroxylation is 2. The zero-order valence-corrected chi connectivity index (χ0v) is 14.8. The molecule has 3 aromatic rings. The van der Waals surface area contributed by atoms with Crippen molar-refractivity contribution in [3.8, 4) is 11.4 Å². The number of aromatic nitrogens is 5. The normalized spacial score (nSPS) is 14.3. The molecule has 0 spiro atoms. The minimum Gasteiger partial charge on any atom is -0.336 e. The van der Waals surface area contributed by atoms with Crippen LogP contribution in [0.2, 0.25) is 0 Å². The van der Waals surface area contributed by atoms with Crippen molar-refractivity contribution in [2.75, 3.05) is 13.1 Å². The lowest BCUT2D eigenvalue weighted by Crippen LogP contribution is -2.51. The number of likely N-dealkylation sites (tertiary alicyclic amines) is 1. The van der Waals surface area contributed by atoms with Crippen molar-refractivity contribution in [1.29, 1.82) is 0 Å². The molecule has 0 N–H and O–H groups in total. The Morgan fingerprint density at radius 1 is 1.12 bits per heavy atom. The molecule has 1 fully saturated rings. The molecule has 3 aromatic heterocycles. The zero-order chi connectivity index (χ0) is 18.1. The summed E-state index contributed by atoms with van der Waals surface area (Å²) in [5, 5.41) is 0. The van der Waals surface area contributed by atoms with Crippen LogP contribution in [0, 0.1) is 19.8 Å². The maximum Gasteiger partial charge on any atom is 0.274 e. The van der Waals surface area contributed by atoms with Gasteiger partial charge in [-0.2, -0.15) is 0 Å². The molecule has 26 heavy (non-hydrogen) atoms. The number of hydrogen-bond donors (Lipinski definition) is 0. The van der Waals surface area contributed by atoms with E-state index in [9.17, 15) is 4.79 Å². The van der Waals surface area contributed by atoms with E-state index in [1.165, 1.54) is 0 Å². The highest BCUT2D eigenvalue weighted by molar-refractivity contribution is 5.92. The minimum absolute atomic E-state index is 0.0522. The average molecular weight is 348 g/mol. The van der Waals surface area contributed by atoms with E-state index >= 15 is 0 Å². The largest absolute Gasteiger partial charge is 0.336 e. The van der Waals surface area contributed by atoms with Crippen LogP contribution in [0.25, 0.3) is 11.4 Å². The second-order valence-corrected chi connectivity index (χ2v) is 6.69. The average Bonchev–Trinajstić information content (AvgIpc) is 2.99. The Bertz CT molecular complexity index is 913. The summed E-state index contributed by atoms with van der Waals surface area (Å²) in [4.78, 5) is 31.3. The van der Waals surface area contributed by atoms with E-state index in [2.05, 4.69) is 31.4 Å². The monoisotopic (exact) mass is 348 g/mol. The number of imidazole rings is 1.